The molecule has 118 valence electrons. The van der Waals surface area contributed by atoms with Crippen molar-refractivity contribution in [1.29, 1.82) is 0 Å². The highest BCUT2D eigenvalue weighted by molar-refractivity contribution is 14.0. The molecule has 1 aliphatic heterocycles. The summed E-state index contributed by atoms with van der Waals surface area (Å²) in [7, 11) is 0. The maximum absolute atomic E-state index is 9.62. The van der Waals surface area contributed by atoms with E-state index in [4.69, 9.17) is 23.2 Å². The molecule has 1 fully saturated rings. The molecule has 0 aromatic heterocycles. The summed E-state index contributed by atoms with van der Waals surface area (Å²) in [6, 6.07) is 5.42. The van der Waals surface area contributed by atoms with Crippen LogP contribution >= 0.6 is 47.2 Å². The Bertz CT molecular complexity index is 499. The number of hydrogen-bond donors (Lipinski definition) is 2. The SMILES string of the molecule is CCNC(=NCc1ccc(Cl)cc1Cl)N1CC[C@@H](O)C1.I. The van der Waals surface area contributed by atoms with Crippen LogP contribution in [0.1, 0.15) is 18.9 Å². The van der Waals surface area contributed by atoms with Gasteiger partial charge in [0.2, 0.25) is 0 Å². The third-order valence-electron chi connectivity index (χ3n) is 3.21. The smallest absolute Gasteiger partial charge is 0.194 e. The Morgan fingerprint density at radius 2 is 2.24 bits per heavy atom. The van der Waals surface area contributed by atoms with Crippen LogP contribution in [-0.2, 0) is 6.54 Å². The van der Waals surface area contributed by atoms with Crippen molar-refractivity contribution < 1.29 is 5.11 Å². The summed E-state index contributed by atoms with van der Waals surface area (Å²) in [5, 5.41) is 14.1. The van der Waals surface area contributed by atoms with Crippen molar-refractivity contribution in [1.82, 2.24) is 10.2 Å². The van der Waals surface area contributed by atoms with Crippen LogP contribution in [0, 0.1) is 0 Å². The maximum atomic E-state index is 9.62. The average molecular weight is 444 g/mol. The molecule has 0 unspecified atom stereocenters. The number of nitrogens with zero attached hydrogens (tertiary/aromatic N) is 2. The molecule has 2 rings (SSSR count). The number of hydrogen-bond acceptors (Lipinski definition) is 2. The summed E-state index contributed by atoms with van der Waals surface area (Å²) < 4.78 is 0. The number of aliphatic imine (C=N–C) groups is 1. The molecule has 21 heavy (non-hydrogen) atoms. The molecule has 1 aliphatic rings. The molecule has 1 aromatic rings. The Hall–Kier alpha value is -0.240. The van der Waals surface area contributed by atoms with Gasteiger partial charge >= 0.3 is 0 Å². The molecule has 0 amide bonds. The topological polar surface area (TPSA) is 47.9 Å². The first-order valence-corrected chi connectivity index (χ1v) is 7.51. The fourth-order valence-electron chi connectivity index (χ4n) is 2.17. The maximum Gasteiger partial charge on any atom is 0.194 e. The van der Waals surface area contributed by atoms with Crippen molar-refractivity contribution in [3.05, 3.63) is 33.8 Å². The predicted molar refractivity (Wildman–Crippen MR) is 98.9 cm³/mol. The summed E-state index contributed by atoms with van der Waals surface area (Å²) in [6.07, 6.45) is 0.518. The first kappa shape index (κ1) is 18.8. The van der Waals surface area contributed by atoms with Crippen LogP contribution in [0.3, 0.4) is 0 Å². The van der Waals surface area contributed by atoms with E-state index >= 15 is 0 Å². The van der Waals surface area contributed by atoms with E-state index in [0.717, 1.165) is 31.0 Å². The zero-order chi connectivity index (χ0) is 14.5. The van der Waals surface area contributed by atoms with Gasteiger partial charge in [-0.05, 0) is 31.0 Å². The second-order valence-corrected chi connectivity index (χ2v) is 5.64. The molecule has 0 spiro atoms. The number of guanidine groups is 1. The first-order valence-electron chi connectivity index (χ1n) is 6.75. The highest BCUT2D eigenvalue weighted by Crippen LogP contribution is 2.21. The Labute approximate surface area is 152 Å². The van der Waals surface area contributed by atoms with E-state index in [1.165, 1.54) is 0 Å². The average Bonchev–Trinajstić information content (AvgIpc) is 2.83. The molecule has 0 radical (unpaired) electrons. The van der Waals surface area contributed by atoms with Crippen LogP contribution in [0.5, 0.6) is 0 Å². The van der Waals surface area contributed by atoms with Crippen LogP contribution in [0.4, 0.5) is 0 Å². The largest absolute Gasteiger partial charge is 0.391 e. The lowest BCUT2D eigenvalue weighted by Gasteiger charge is -2.21. The second-order valence-electron chi connectivity index (χ2n) is 4.79. The number of aliphatic hydroxyl groups is 1. The minimum absolute atomic E-state index is 0. The fraction of sp³-hybridized carbons (Fsp3) is 0.500. The Morgan fingerprint density at radius 3 is 2.81 bits per heavy atom. The second kappa shape index (κ2) is 9.02. The number of β-amino-alcohol motifs (C(OH)–C–C–N with tert-alkyl or cyclic N) is 1. The lowest BCUT2D eigenvalue weighted by atomic mass is 10.2. The first-order chi connectivity index (χ1) is 9.60. The van der Waals surface area contributed by atoms with Gasteiger partial charge in [0.15, 0.2) is 5.96 Å². The number of benzene rings is 1. The van der Waals surface area contributed by atoms with Gasteiger partial charge in [-0.3, -0.25) is 0 Å². The molecule has 0 bridgehead atoms. The molecule has 7 heteroatoms. The minimum atomic E-state index is -0.266. The summed E-state index contributed by atoms with van der Waals surface area (Å²) in [4.78, 5) is 6.65. The fourth-order valence-corrected chi connectivity index (χ4v) is 2.64. The van der Waals surface area contributed by atoms with E-state index in [-0.39, 0.29) is 30.1 Å². The quantitative estimate of drug-likeness (QED) is 0.428. The molecule has 1 heterocycles. The number of nitrogens with one attached hydrogen (secondary N) is 1. The van der Waals surface area contributed by atoms with Crippen LogP contribution in [0.25, 0.3) is 0 Å². The molecular weight excluding hydrogens is 424 g/mol. The van der Waals surface area contributed by atoms with Crippen LogP contribution in [0.15, 0.2) is 23.2 Å². The number of halogens is 3. The Morgan fingerprint density at radius 1 is 1.48 bits per heavy atom. The van der Waals surface area contributed by atoms with E-state index < -0.39 is 0 Å². The molecule has 1 atom stereocenters. The summed E-state index contributed by atoms with van der Waals surface area (Å²) in [5.41, 5.74) is 0.936. The van der Waals surface area contributed by atoms with Gasteiger partial charge in [0.1, 0.15) is 0 Å². The lowest BCUT2D eigenvalue weighted by Crippen LogP contribution is -2.40. The van der Waals surface area contributed by atoms with Crippen molar-refractivity contribution in [2.75, 3.05) is 19.6 Å². The molecular formula is C14H20Cl2IN3O. The van der Waals surface area contributed by atoms with E-state index in [9.17, 15) is 5.11 Å². The summed E-state index contributed by atoms with van der Waals surface area (Å²) in [6.45, 7) is 4.75. The summed E-state index contributed by atoms with van der Waals surface area (Å²) >= 11 is 12.0. The third-order valence-corrected chi connectivity index (χ3v) is 3.80. The van der Waals surface area contributed by atoms with Gasteiger partial charge in [-0.25, -0.2) is 4.99 Å². The zero-order valence-electron chi connectivity index (χ0n) is 11.9. The molecule has 1 saturated heterocycles. The number of likely N-dealkylation sites (tertiary alicyclic amines) is 1. The molecule has 0 saturated carbocycles. The van der Waals surface area contributed by atoms with Gasteiger partial charge in [0.25, 0.3) is 0 Å². The van der Waals surface area contributed by atoms with Gasteiger partial charge in [0, 0.05) is 29.7 Å². The molecule has 1 aromatic carbocycles. The highest BCUT2D eigenvalue weighted by atomic mass is 127. The van der Waals surface area contributed by atoms with E-state index in [2.05, 4.69) is 15.2 Å². The van der Waals surface area contributed by atoms with E-state index in [1.807, 2.05) is 19.1 Å². The van der Waals surface area contributed by atoms with Crippen molar-refractivity contribution in [3.8, 4) is 0 Å². The van der Waals surface area contributed by atoms with Gasteiger partial charge in [0.05, 0.1) is 12.6 Å². The monoisotopic (exact) mass is 443 g/mol. The normalized spacial score (nSPS) is 18.6. The third kappa shape index (κ3) is 5.47. The summed E-state index contributed by atoms with van der Waals surface area (Å²) in [5.74, 6) is 0.815. The van der Waals surface area contributed by atoms with Crippen LogP contribution in [-0.4, -0.2) is 41.7 Å². The van der Waals surface area contributed by atoms with Crippen LogP contribution in [0.2, 0.25) is 10.0 Å². The van der Waals surface area contributed by atoms with Crippen molar-refractivity contribution in [3.63, 3.8) is 0 Å². The minimum Gasteiger partial charge on any atom is -0.391 e. The molecule has 4 nitrogen and oxygen atoms in total. The Kier molecular flexibility index (Phi) is 8.08. The van der Waals surface area contributed by atoms with Gasteiger partial charge in [-0.2, -0.15) is 0 Å². The van der Waals surface area contributed by atoms with E-state index in [0.29, 0.717) is 23.1 Å². The van der Waals surface area contributed by atoms with E-state index in [1.54, 1.807) is 6.07 Å². The van der Waals surface area contributed by atoms with Gasteiger partial charge in [-0.1, -0.05) is 29.3 Å². The number of aliphatic hydroxyl groups excluding tert-OH is 1. The Balaban J connectivity index is 0.00000220. The van der Waals surface area contributed by atoms with Crippen LogP contribution < -0.4 is 5.32 Å². The van der Waals surface area contributed by atoms with Crippen molar-refractivity contribution in [2.24, 2.45) is 4.99 Å². The molecule has 2 N–H and O–H groups in total. The highest BCUT2D eigenvalue weighted by Gasteiger charge is 2.22. The van der Waals surface area contributed by atoms with Crippen molar-refractivity contribution >= 4 is 53.1 Å². The van der Waals surface area contributed by atoms with Gasteiger partial charge in [-0.15, -0.1) is 24.0 Å². The standard InChI is InChI=1S/C14H19Cl2N3O.HI/c1-2-17-14(19-6-5-12(20)9-19)18-8-10-3-4-11(15)7-13(10)16;/h3-4,7,12,20H,2,5-6,8-9H2,1H3,(H,17,18);1H/t12-;/m1./s1. The molecule has 0 aliphatic carbocycles. The number of rotatable bonds is 3. The predicted octanol–water partition coefficient (Wildman–Crippen LogP) is 3.14. The van der Waals surface area contributed by atoms with Gasteiger partial charge < -0.3 is 15.3 Å². The zero-order valence-corrected chi connectivity index (χ0v) is 15.7. The van der Waals surface area contributed by atoms with Crippen molar-refractivity contribution in [2.45, 2.75) is 26.0 Å². The lowest BCUT2D eigenvalue weighted by molar-refractivity contribution is 0.188.